The Hall–Kier alpha value is -0.743. The zero-order chi connectivity index (χ0) is 21.6. The Balaban J connectivity index is 4.91. The number of hydrogen-bond acceptors (Lipinski definition) is 3. The molecule has 0 heterocycles. The fourth-order valence-electron chi connectivity index (χ4n) is 1.94. The minimum Gasteiger partial charge on any atom is -0.284 e. The Morgan fingerprint density at radius 3 is 1.15 bits per heavy atom. The van der Waals surface area contributed by atoms with Crippen LogP contribution < -0.4 is 0 Å². The van der Waals surface area contributed by atoms with Gasteiger partial charge in [0, 0.05) is 12.5 Å². The van der Waals surface area contributed by atoms with Gasteiger partial charge in [-0.1, -0.05) is 19.3 Å². The fraction of sp³-hybridized carbons (Fsp3) is 1.00. The largest absolute Gasteiger partial charge is 0.520 e. The molecule has 0 saturated heterocycles. The summed E-state index contributed by atoms with van der Waals surface area (Å²) in [5.41, 5.74) is 0. The van der Waals surface area contributed by atoms with E-state index in [-0.39, 0.29) is 25.7 Å². The highest BCUT2D eigenvalue weighted by Gasteiger charge is 2.61. The van der Waals surface area contributed by atoms with Crippen molar-refractivity contribution in [1.29, 1.82) is 0 Å². The summed E-state index contributed by atoms with van der Waals surface area (Å²) in [5, 5.41) is 0. The van der Waals surface area contributed by atoms with Crippen LogP contribution in [0.25, 0.3) is 0 Å². The molecule has 0 spiro atoms. The van der Waals surface area contributed by atoms with Gasteiger partial charge in [-0.15, -0.1) is 39.5 Å². The lowest BCUT2D eigenvalue weighted by atomic mass is 10.1. The summed E-state index contributed by atoms with van der Waals surface area (Å²) in [6.07, 6.45) is -24.7. The van der Waals surface area contributed by atoms with E-state index in [1.165, 1.54) is 0 Å². The van der Waals surface area contributed by atoms with Gasteiger partial charge in [-0.3, -0.25) is 13.3 Å². The lowest BCUT2D eigenvalue weighted by Crippen LogP contribution is -2.55. The number of halogens is 12. The molecule has 0 amide bonds. The van der Waals surface area contributed by atoms with Crippen LogP contribution in [0.2, 0.25) is 6.04 Å². The van der Waals surface area contributed by atoms with Crippen LogP contribution in [0.5, 0.6) is 0 Å². The van der Waals surface area contributed by atoms with Crippen molar-refractivity contribution in [2.24, 2.45) is 0 Å². The zero-order valence-electron chi connectivity index (χ0n) is 13.2. The molecule has 0 rings (SSSR count). The van der Waals surface area contributed by atoms with Gasteiger partial charge >= 0.3 is 34.1 Å². The van der Waals surface area contributed by atoms with Gasteiger partial charge in [0.1, 0.15) is 0 Å². The third-order valence-electron chi connectivity index (χ3n) is 2.76. The Kier molecular flexibility index (Phi) is 9.38. The first-order valence-corrected chi connectivity index (χ1v) is 9.13. The van der Waals surface area contributed by atoms with Crippen LogP contribution in [0, 0.1) is 0 Å². The van der Waals surface area contributed by atoms with E-state index in [4.69, 9.17) is 0 Å². The Labute approximate surface area is 145 Å². The predicted molar refractivity (Wildman–Crippen MR) is 65.7 cm³/mol. The maximum absolute atomic E-state index is 12.3. The first kappa shape index (κ1) is 26.3. The maximum Gasteiger partial charge on any atom is 0.520 e. The van der Waals surface area contributed by atoms with Crippen molar-refractivity contribution in [3.8, 4) is 0 Å². The molecule has 0 radical (unpaired) electrons. The molecule has 0 aliphatic heterocycles. The summed E-state index contributed by atoms with van der Waals surface area (Å²) >= 11 is 0. The summed E-state index contributed by atoms with van der Waals surface area (Å²) in [6.45, 7) is 0. The average Bonchev–Trinajstić information content (AvgIpc) is 2.29. The normalized spacial score (nSPS) is 14.7. The van der Waals surface area contributed by atoms with Crippen LogP contribution in [0.4, 0.5) is 52.7 Å². The summed E-state index contributed by atoms with van der Waals surface area (Å²) in [6, 6.07) is -1.50. The Morgan fingerprint density at radius 1 is 0.481 bits per heavy atom. The van der Waals surface area contributed by atoms with Crippen molar-refractivity contribution in [2.45, 2.75) is 69.8 Å². The number of hydrogen-bond donors (Lipinski definition) is 0. The minimum atomic E-state index is -6.36. The second-order valence-electron chi connectivity index (χ2n) is 5.21. The summed E-state index contributed by atoms with van der Waals surface area (Å²) in [7, 11) is -6.36. The van der Waals surface area contributed by atoms with Crippen molar-refractivity contribution in [3.05, 3.63) is 0 Å². The summed E-state index contributed by atoms with van der Waals surface area (Å²) in [4.78, 5) is 0. The van der Waals surface area contributed by atoms with Gasteiger partial charge < -0.3 is 0 Å². The van der Waals surface area contributed by atoms with Crippen LogP contribution in [0.3, 0.4) is 0 Å². The molecular weight excluding hydrogens is 436 g/mol. The van der Waals surface area contributed by atoms with Crippen molar-refractivity contribution in [1.82, 2.24) is 0 Å². The molecule has 0 aliphatic rings. The molecule has 0 bridgehead atoms. The topological polar surface area (TPSA) is 27.7 Å². The first-order chi connectivity index (χ1) is 11.8. The second kappa shape index (κ2) is 9.64. The predicted octanol–water partition coefficient (Wildman–Crippen LogP) is 6.44. The molecule has 0 aromatic heterocycles. The van der Waals surface area contributed by atoms with Crippen molar-refractivity contribution in [3.63, 3.8) is 0 Å². The Bertz CT molecular complexity index is 387. The van der Waals surface area contributed by atoms with E-state index >= 15 is 0 Å². The van der Waals surface area contributed by atoms with Gasteiger partial charge in [0.15, 0.2) is 0 Å². The van der Waals surface area contributed by atoms with Crippen LogP contribution in [-0.4, -0.2) is 34.1 Å². The smallest absolute Gasteiger partial charge is 0.284 e. The summed E-state index contributed by atoms with van der Waals surface area (Å²) in [5.74, 6) is 0. The standard InChI is InChI=1S/C11H14F12O3Si/c12-8(13,14)6-4-2-1-3-5-7-27(24-9(15,16)17,25-10(18,19)20)26-11(21,22)23/h1-7H2. The SMILES string of the molecule is FC(F)(F)CCCCCCC[Si](OC(F)(F)F)(OC(F)(F)F)OC(F)(F)F. The molecule has 0 N–H and O–H groups in total. The number of unbranched alkanes of at least 4 members (excludes halogenated alkanes) is 4. The Morgan fingerprint density at radius 2 is 0.815 bits per heavy atom. The number of alkyl halides is 12. The molecule has 16 heteroatoms. The minimum absolute atomic E-state index is 0.0649. The molecule has 0 atom stereocenters. The summed E-state index contributed by atoms with van der Waals surface area (Å²) < 4.78 is 155. The van der Waals surface area contributed by atoms with Crippen LogP contribution >= 0.6 is 0 Å². The van der Waals surface area contributed by atoms with Crippen LogP contribution in [0.1, 0.15) is 38.5 Å². The zero-order valence-corrected chi connectivity index (χ0v) is 14.2. The molecule has 3 nitrogen and oxygen atoms in total. The average molecular weight is 450 g/mol. The van der Waals surface area contributed by atoms with Gasteiger partial charge in [-0.25, -0.2) is 0 Å². The number of rotatable bonds is 10. The molecule has 27 heavy (non-hydrogen) atoms. The van der Waals surface area contributed by atoms with Gasteiger partial charge in [0.25, 0.3) is 0 Å². The third-order valence-corrected chi connectivity index (χ3v) is 5.35. The van der Waals surface area contributed by atoms with E-state index in [0.717, 1.165) is 0 Å². The quantitative estimate of drug-likeness (QED) is 0.218. The molecular formula is C11H14F12O3Si. The van der Waals surface area contributed by atoms with E-state index in [0.29, 0.717) is 0 Å². The van der Waals surface area contributed by atoms with Crippen molar-refractivity contribution >= 4 is 8.80 Å². The van der Waals surface area contributed by atoms with Crippen molar-refractivity contribution < 1.29 is 66.0 Å². The lowest BCUT2D eigenvalue weighted by molar-refractivity contribution is -0.366. The van der Waals surface area contributed by atoms with E-state index in [9.17, 15) is 52.7 Å². The van der Waals surface area contributed by atoms with Crippen LogP contribution in [0.15, 0.2) is 0 Å². The third kappa shape index (κ3) is 16.0. The van der Waals surface area contributed by atoms with Crippen molar-refractivity contribution in [2.75, 3.05) is 0 Å². The van der Waals surface area contributed by atoms with Gasteiger partial charge in [0.05, 0.1) is 0 Å². The molecule has 0 aromatic carbocycles. The van der Waals surface area contributed by atoms with Gasteiger partial charge in [-0.05, 0) is 12.8 Å². The monoisotopic (exact) mass is 450 g/mol. The first-order valence-electron chi connectivity index (χ1n) is 7.20. The lowest BCUT2D eigenvalue weighted by Gasteiger charge is -2.31. The fourth-order valence-corrected chi connectivity index (χ4v) is 4.11. The molecule has 0 unspecified atom stereocenters. The highest BCUT2D eigenvalue weighted by molar-refractivity contribution is 6.60. The highest BCUT2D eigenvalue weighted by atomic mass is 28.4. The molecule has 164 valence electrons. The molecule has 0 aromatic rings. The van der Waals surface area contributed by atoms with Gasteiger partial charge in [-0.2, -0.15) is 13.2 Å². The van der Waals surface area contributed by atoms with E-state index in [2.05, 4.69) is 13.3 Å². The molecule has 0 fully saturated rings. The molecule has 0 saturated carbocycles. The maximum atomic E-state index is 12.3. The highest BCUT2D eigenvalue weighted by Crippen LogP contribution is 2.37. The van der Waals surface area contributed by atoms with E-state index in [1.54, 1.807) is 0 Å². The van der Waals surface area contributed by atoms with E-state index < -0.39 is 53.0 Å². The van der Waals surface area contributed by atoms with E-state index in [1.807, 2.05) is 0 Å². The van der Waals surface area contributed by atoms with Crippen LogP contribution in [-0.2, 0) is 13.3 Å². The second-order valence-corrected chi connectivity index (χ2v) is 7.69. The molecule has 0 aliphatic carbocycles. The van der Waals surface area contributed by atoms with Gasteiger partial charge in [0.2, 0.25) is 0 Å².